The number of aromatic nitrogens is 2. The summed E-state index contributed by atoms with van der Waals surface area (Å²) in [4.78, 5) is 24.8. The molecule has 1 unspecified atom stereocenters. The number of nitro groups is 1. The van der Waals surface area contributed by atoms with Gasteiger partial charge in [-0.15, -0.1) is 0 Å². The average Bonchev–Trinajstić information content (AvgIpc) is 2.31. The molecular formula is C10H16N4O4. The van der Waals surface area contributed by atoms with E-state index in [1.54, 1.807) is 7.11 Å². The number of methoxy groups -OCH3 is 1. The Balaban J connectivity index is 2.59. The molecule has 1 aromatic heterocycles. The van der Waals surface area contributed by atoms with Crippen LogP contribution in [0.15, 0.2) is 17.2 Å². The Kier molecular flexibility index (Phi) is 5.40. The van der Waals surface area contributed by atoms with E-state index in [0.717, 1.165) is 6.20 Å². The van der Waals surface area contributed by atoms with E-state index in [4.69, 9.17) is 4.74 Å². The monoisotopic (exact) mass is 256 g/mol. The molecule has 0 radical (unpaired) electrons. The average molecular weight is 256 g/mol. The van der Waals surface area contributed by atoms with Crippen molar-refractivity contribution in [3.8, 4) is 0 Å². The maximum atomic E-state index is 11.4. The Morgan fingerprint density at radius 1 is 1.67 bits per heavy atom. The predicted octanol–water partition coefficient (Wildman–Crippen LogP) is -0.224. The second-order valence-corrected chi connectivity index (χ2v) is 3.86. The molecule has 8 heteroatoms. The summed E-state index contributed by atoms with van der Waals surface area (Å²) in [5.74, 6) is 0. The normalized spacial score (nSPS) is 12.3. The highest BCUT2D eigenvalue weighted by molar-refractivity contribution is 5.20. The summed E-state index contributed by atoms with van der Waals surface area (Å²) in [6, 6.07) is 0.150. The van der Waals surface area contributed by atoms with Gasteiger partial charge in [-0.1, -0.05) is 0 Å². The van der Waals surface area contributed by atoms with Crippen molar-refractivity contribution in [2.75, 3.05) is 20.3 Å². The van der Waals surface area contributed by atoms with E-state index in [-0.39, 0.29) is 11.7 Å². The summed E-state index contributed by atoms with van der Waals surface area (Å²) in [5, 5.41) is 13.7. The van der Waals surface area contributed by atoms with Crippen molar-refractivity contribution >= 4 is 5.69 Å². The largest absolute Gasteiger partial charge is 0.383 e. The van der Waals surface area contributed by atoms with Crippen LogP contribution in [-0.2, 0) is 11.3 Å². The van der Waals surface area contributed by atoms with Gasteiger partial charge in [0.15, 0.2) is 0 Å². The lowest BCUT2D eigenvalue weighted by molar-refractivity contribution is -0.385. The molecule has 1 atom stereocenters. The van der Waals surface area contributed by atoms with Gasteiger partial charge < -0.3 is 10.1 Å². The van der Waals surface area contributed by atoms with E-state index >= 15 is 0 Å². The lowest BCUT2D eigenvalue weighted by Crippen LogP contribution is -2.35. The van der Waals surface area contributed by atoms with Gasteiger partial charge in [-0.2, -0.15) is 4.98 Å². The molecule has 0 fully saturated rings. The molecule has 0 bridgehead atoms. The fraction of sp³-hybridized carbons (Fsp3) is 0.600. The van der Waals surface area contributed by atoms with Crippen molar-refractivity contribution in [3.05, 3.63) is 33.0 Å². The highest BCUT2D eigenvalue weighted by Crippen LogP contribution is 2.04. The molecule has 0 amide bonds. The van der Waals surface area contributed by atoms with Gasteiger partial charge in [0.1, 0.15) is 6.20 Å². The number of ether oxygens (including phenoxy) is 1. The zero-order chi connectivity index (χ0) is 13.5. The topological polar surface area (TPSA) is 99.3 Å². The maximum absolute atomic E-state index is 11.4. The molecular weight excluding hydrogens is 240 g/mol. The first-order chi connectivity index (χ1) is 8.54. The Labute approximate surface area is 104 Å². The van der Waals surface area contributed by atoms with Crippen molar-refractivity contribution < 1.29 is 9.66 Å². The molecule has 18 heavy (non-hydrogen) atoms. The summed E-state index contributed by atoms with van der Waals surface area (Å²) >= 11 is 0. The van der Waals surface area contributed by atoms with Crippen LogP contribution in [-0.4, -0.2) is 40.8 Å². The van der Waals surface area contributed by atoms with Crippen LogP contribution in [0, 0.1) is 10.1 Å². The quantitative estimate of drug-likeness (QED) is 0.534. The lowest BCUT2D eigenvalue weighted by atomic mass is 10.3. The number of rotatable bonds is 7. The van der Waals surface area contributed by atoms with Crippen LogP contribution in [0.5, 0.6) is 0 Å². The summed E-state index contributed by atoms with van der Waals surface area (Å²) in [5.41, 5.74) is -0.693. The highest BCUT2D eigenvalue weighted by atomic mass is 16.6. The third kappa shape index (κ3) is 4.22. The zero-order valence-electron chi connectivity index (χ0n) is 10.3. The Morgan fingerprint density at radius 3 is 3.00 bits per heavy atom. The SMILES string of the molecule is COCC(C)NCCn1cc([N+](=O)[O-])cnc1=O. The summed E-state index contributed by atoms with van der Waals surface area (Å²) in [7, 11) is 1.60. The van der Waals surface area contributed by atoms with Crippen molar-refractivity contribution in [3.63, 3.8) is 0 Å². The smallest absolute Gasteiger partial charge is 0.348 e. The van der Waals surface area contributed by atoms with Crippen LogP contribution in [0.25, 0.3) is 0 Å². The van der Waals surface area contributed by atoms with Gasteiger partial charge in [0.05, 0.1) is 17.7 Å². The Morgan fingerprint density at radius 2 is 2.39 bits per heavy atom. The van der Waals surface area contributed by atoms with E-state index in [9.17, 15) is 14.9 Å². The van der Waals surface area contributed by atoms with Crippen molar-refractivity contribution in [1.82, 2.24) is 14.9 Å². The predicted molar refractivity (Wildman–Crippen MR) is 64.5 cm³/mol. The minimum atomic E-state index is -0.579. The lowest BCUT2D eigenvalue weighted by Gasteiger charge is -2.12. The molecule has 0 spiro atoms. The Bertz CT molecular complexity index is 459. The molecule has 0 aliphatic rings. The van der Waals surface area contributed by atoms with Crippen molar-refractivity contribution in [2.24, 2.45) is 0 Å². The molecule has 8 nitrogen and oxygen atoms in total. The van der Waals surface area contributed by atoms with Gasteiger partial charge in [-0.3, -0.25) is 14.7 Å². The van der Waals surface area contributed by atoms with E-state index in [2.05, 4.69) is 10.3 Å². The minimum absolute atomic E-state index is 0.150. The molecule has 1 aromatic rings. The van der Waals surface area contributed by atoms with Crippen molar-refractivity contribution in [1.29, 1.82) is 0 Å². The van der Waals surface area contributed by atoms with Gasteiger partial charge in [0.25, 0.3) is 0 Å². The van der Waals surface area contributed by atoms with Gasteiger partial charge >= 0.3 is 11.4 Å². The standard InChI is InChI=1S/C10H16N4O4/c1-8(7-18-2)11-3-4-13-6-9(14(16)17)5-12-10(13)15/h5-6,8,11H,3-4,7H2,1-2H3. The van der Waals surface area contributed by atoms with Crippen molar-refractivity contribution in [2.45, 2.75) is 19.5 Å². The zero-order valence-corrected chi connectivity index (χ0v) is 10.3. The van der Waals surface area contributed by atoms with Gasteiger partial charge in [0, 0.05) is 26.2 Å². The molecule has 1 heterocycles. The van der Waals surface area contributed by atoms with E-state index < -0.39 is 10.6 Å². The molecule has 0 aliphatic heterocycles. The summed E-state index contributed by atoms with van der Waals surface area (Å²) < 4.78 is 6.16. The molecule has 0 aliphatic carbocycles. The minimum Gasteiger partial charge on any atom is -0.383 e. The third-order valence-electron chi connectivity index (χ3n) is 2.31. The highest BCUT2D eigenvalue weighted by Gasteiger charge is 2.09. The van der Waals surface area contributed by atoms with E-state index in [0.29, 0.717) is 19.7 Å². The fourth-order valence-corrected chi connectivity index (χ4v) is 1.44. The maximum Gasteiger partial charge on any atom is 0.348 e. The first-order valence-corrected chi connectivity index (χ1v) is 5.47. The van der Waals surface area contributed by atoms with Crippen LogP contribution < -0.4 is 11.0 Å². The number of hydrogen-bond acceptors (Lipinski definition) is 6. The van der Waals surface area contributed by atoms with Crippen LogP contribution in [0.3, 0.4) is 0 Å². The molecule has 1 rings (SSSR count). The van der Waals surface area contributed by atoms with E-state index in [1.165, 1.54) is 10.8 Å². The molecule has 0 aromatic carbocycles. The van der Waals surface area contributed by atoms with Crippen LogP contribution in [0.2, 0.25) is 0 Å². The summed E-state index contributed by atoms with van der Waals surface area (Å²) in [6.07, 6.45) is 2.15. The number of nitrogens with zero attached hydrogens (tertiary/aromatic N) is 3. The first-order valence-electron chi connectivity index (χ1n) is 5.47. The molecule has 1 N–H and O–H groups in total. The number of nitrogens with one attached hydrogen (secondary N) is 1. The molecule has 100 valence electrons. The summed E-state index contributed by atoms with van der Waals surface area (Å²) in [6.45, 7) is 3.33. The third-order valence-corrected chi connectivity index (χ3v) is 2.31. The van der Waals surface area contributed by atoms with Crippen LogP contribution in [0.1, 0.15) is 6.92 Å². The molecule has 0 saturated carbocycles. The van der Waals surface area contributed by atoms with Gasteiger partial charge in [0.2, 0.25) is 0 Å². The van der Waals surface area contributed by atoms with Crippen LogP contribution >= 0.6 is 0 Å². The second kappa shape index (κ2) is 6.82. The van der Waals surface area contributed by atoms with Gasteiger partial charge in [-0.05, 0) is 6.92 Å². The Hall–Kier alpha value is -1.80. The fourth-order valence-electron chi connectivity index (χ4n) is 1.44. The number of hydrogen-bond donors (Lipinski definition) is 1. The van der Waals surface area contributed by atoms with E-state index in [1.807, 2.05) is 6.92 Å². The first kappa shape index (κ1) is 14.3. The van der Waals surface area contributed by atoms with Crippen LogP contribution in [0.4, 0.5) is 5.69 Å². The second-order valence-electron chi connectivity index (χ2n) is 3.86. The molecule has 0 saturated heterocycles. The van der Waals surface area contributed by atoms with Gasteiger partial charge in [-0.25, -0.2) is 4.79 Å².